The minimum Gasteiger partial charge on any atom is -0.389 e. The molecule has 1 unspecified atom stereocenters. The van der Waals surface area contributed by atoms with Crippen molar-refractivity contribution in [1.29, 1.82) is 0 Å². The van der Waals surface area contributed by atoms with E-state index in [4.69, 9.17) is 21.1 Å². The quantitative estimate of drug-likeness (QED) is 0.651. The molecule has 1 aromatic carbocycles. The number of ether oxygens (including phenoxy) is 2. The number of hydrogen-bond acceptors (Lipinski definition) is 4. The van der Waals surface area contributed by atoms with Gasteiger partial charge in [0.15, 0.2) is 0 Å². The molecule has 0 aliphatic rings. The third kappa shape index (κ3) is 8.51. The summed E-state index contributed by atoms with van der Waals surface area (Å²) in [5, 5.41) is 13.6. The van der Waals surface area contributed by atoms with Gasteiger partial charge in [-0.3, -0.25) is 0 Å². The Morgan fingerprint density at radius 1 is 1.30 bits per heavy atom. The van der Waals surface area contributed by atoms with Crippen LogP contribution in [0.5, 0.6) is 0 Å². The first-order valence-electron chi connectivity index (χ1n) is 6.90. The van der Waals surface area contributed by atoms with Crippen LogP contribution in [0, 0.1) is 0 Å². The fourth-order valence-electron chi connectivity index (χ4n) is 1.65. The Morgan fingerprint density at radius 2 is 2.10 bits per heavy atom. The van der Waals surface area contributed by atoms with Crippen LogP contribution in [-0.4, -0.2) is 43.7 Å². The molecular weight excluding hydrogens is 278 g/mol. The molecule has 0 aliphatic carbocycles. The van der Waals surface area contributed by atoms with Crippen LogP contribution in [0.1, 0.15) is 19.4 Å². The van der Waals surface area contributed by atoms with Crippen molar-refractivity contribution in [3.63, 3.8) is 0 Å². The molecule has 4 nitrogen and oxygen atoms in total. The van der Waals surface area contributed by atoms with Gasteiger partial charge in [-0.15, -0.1) is 0 Å². The largest absolute Gasteiger partial charge is 0.389 e. The Kier molecular flexibility index (Phi) is 8.82. The van der Waals surface area contributed by atoms with Crippen LogP contribution in [-0.2, 0) is 16.0 Å². The predicted molar refractivity (Wildman–Crippen MR) is 81.1 cm³/mol. The van der Waals surface area contributed by atoms with Crippen molar-refractivity contribution >= 4 is 11.6 Å². The van der Waals surface area contributed by atoms with Gasteiger partial charge in [0.25, 0.3) is 0 Å². The normalized spacial score (nSPS) is 12.8. The van der Waals surface area contributed by atoms with E-state index in [2.05, 4.69) is 5.32 Å². The van der Waals surface area contributed by atoms with Gasteiger partial charge < -0.3 is 19.9 Å². The lowest BCUT2D eigenvalue weighted by atomic mass is 10.2. The van der Waals surface area contributed by atoms with Gasteiger partial charge in [-0.2, -0.15) is 0 Å². The van der Waals surface area contributed by atoms with Gasteiger partial charge >= 0.3 is 0 Å². The number of benzene rings is 1. The van der Waals surface area contributed by atoms with Gasteiger partial charge in [0, 0.05) is 18.1 Å². The molecule has 0 bridgehead atoms. The van der Waals surface area contributed by atoms with E-state index in [1.165, 1.54) is 0 Å². The molecule has 0 saturated heterocycles. The molecule has 0 fully saturated rings. The molecule has 20 heavy (non-hydrogen) atoms. The Hall–Kier alpha value is -0.650. The van der Waals surface area contributed by atoms with Crippen molar-refractivity contribution in [3.8, 4) is 0 Å². The smallest absolute Gasteiger partial charge is 0.0897 e. The van der Waals surface area contributed by atoms with Crippen LogP contribution in [0.15, 0.2) is 24.3 Å². The maximum atomic E-state index is 9.74. The van der Waals surface area contributed by atoms with Crippen molar-refractivity contribution in [1.82, 2.24) is 5.32 Å². The van der Waals surface area contributed by atoms with Crippen molar-refractivity contribution in [2.24, 2.45) is 0 Å². The molecule has 0 aromatic heterocycles. The number of halogens is 1. The summed E-state index contributed by atoms with van der Waals surface area (Å²) < 4.78 is 10.7. The van der Waals surface area contributed by atoms with Crippen LogP contribution in [0.4, 0.5) is 0 Å². The maximum Gasteiger partial charge on any atom is 0.0897 e. The van der Waals surface area contributed by atoms with E-state index >= 15 is 0 Å². The van der Waals surface area contributed by atoms with E-state index in [9.17, 15) is 5.11 Å². The Bertz CT molecular complexity index is 374. The van der Waals surface area contributed by atoms with Crippen molar-refractivity contribution < 1.29 is 14.6 Å². The Morgan fingerprint density at radius 3 is 2.80 bits per heavy atom. The SMILES string of the molecule is CC(C)OCCOCC(O)CNCc1cccc(Cl)c1. The molecule has 114 valence electrons. The Labute approximate surface area is 126 Å². The lowest BCUT2D eigenvalue weighted by Crippen LogP contribution is -2.30. The molecular formula is C15H24ClNO3. The fourth-order valence-corrected chi connectivity index (χ4v) is 1.86. The second-order valence-electron chi connectivity index (χ2n) is 4.91. The highest BCUT2D eigenvalue weighted by Crippen LogP contribution is 2.10. The third-order valence-corrected chi connectivity index (χ3v) is 2.82. The van der Waals surface area contributed by atoms with Gasteiger partial charge in [-0.25, -0.2) is 0 Å². The first-order valence-corrected chi connectivity index (χ1v) is 7.28. The maximum absolute atomic E-state index is 9.74. The molecule has 1 aromatic rings. The van der Waals surface area contributed by atoms with E-state index in [-0.39, 0.29) is 6.10 Å². The predicted octanol–water partition coefficient (Wildman–Crippen LogP) is 2.23. The number of rotatable bonds is 10. The molecule has 5 heteroatoms. The second-order valence-corrected chi connectivity index (χ2v) is 5.35. The van der Waals surface area contributed by atoms with Crippen LogP contribution >= 0.6 is 11.6 Å². The zero-order valence-corrected chi connectivity index (χ0v) is 12.9. The molecule has 0 spiro atoms. The molecule has 0 saturated carbocycles. The third-order valence-electron chi connectivity index (χ3n) is 2.59. The highest BCUT2D eigenvalue weighted by Gasteiger charge is 2.04. The molecule has 1 rings (SSSR count). The Balaban J connectivity index is 2.04. The molecule has 0 amide bonds. The summed E-state index contributed by atoms with van der Waals surface area (Å²) in [7, 11) is 0. The summed E-state index contributed by atoms with van der Waals surface area (Å²) in [6.07, 6.45) is -0.309. The van der Waals surface area contributed by atoms with Crippen molar-refractivity contribution in [3.05, 3.63) is 34.9 Å². The van der Waals surface area contributed by atoms with Gasteiger partial charge in [-0.05, 0) is 31.5 Å². The highest BCUT2D eigenvalue weighted by atomic mass is 35.5. The lowest BCUT2D eigenvalue weighted by Gasteiger charge is -2.13. The van der Waals surface area contributed by atoms with E-state index in [0.717, 1.165) is 10.6 Å². The van der Waals surface area contributed by atoms with Crippen molar-refractivity contribution in [2.45, 2.75) is 32.6 Å². The second kappa shape index (κ2) is 10.1. The van der Waals surface area contributed by atoms with Crippen LogP contribution in [0.3, 0.4) is 0 Å². The van der Waals surface area contributed by atoms with E-state index in [0.29, 0.717) is 32.9 Å². The van der Waals surface area contributed by atoms with Gasteiger partial charge in [-0.1, -0.05) is 23.7 Å². The average molecular weight is 302 g/mol. The molecule has 0 heterocycles. The summed E-state index contributed by atoms with van der Waals surface area (Å²) >= 11 is 5.90. The first-order chi connectivity index (χ1) is 9.58. The molecule has 1 atom stereocenters. The number of aliphatic hydroxyl groups is 1. The van der Waals surface area contributed by atoms with Gasteiger partial charge in [0.2, 0.25) is 0 Å². The lowest BCUT2D eigenvalue weighted by molar-refractivity contribution is -0.0100. The van der Waals surface area contributed by atoms with Crippen LogP contribution in [0.25, 0.3) is 0 Å². The van der Waals surface area contributed by atoms with Crippen LogP contribution in [0.2, 0.25) is 5.02 Å². The molecule has 0 radical (unpaired) electrons. The van der Waals surface area contributed by atoms with Gasteiger partial charge in [0.1, 0.15) is 0 Å². The zero-order chi connectivity index (χ0) is 14.8. The van der Waals surface area contributed by atoms with E-state index in [1.807, 2.05) is 38.1 Å². The molecule has 0 aliphatic heterocycles. The standard InChI is InChI=1S/C15H24ClNO3/c1-12(2)20-7-6-19-11-15(18)10-17-9-13-4-3-5-14(16)8-13/h3-5,8,12,15,17-18H,6-7,9-11H2,1-2H3. The van der Waals surface area contributed by atoms with Crippen molar-refractivity contribution in [2.75, 3.05) is 26.4 Å². The summed E-state index contributed by atoms with van der Waals surface area (Å²) in [4.78, 5) is 0. The van der Waals surface area contributed by atoms with E-state index < -0.39 is 6.10 Å². The van der Waals surface area contributed by atoms with Crippen LogP contribution < -0.4 is 5.32 Å². The summed E-state index contributed by atoms with van der Waals surface area (Å²) in [5.74, 6) is 0. The molecule has 2 N–H and O–H groups in total. The van der Waals surface area contributed by atoms with Gasteiger partial charge in [0.05, 0.1) is 32.0 Å². The number of nitrogens with one attached hydrogen (secondary N) is 1. The topological polar surface area (TPSA) is 50.7 Å². The monoisotopic (exact) mass is 301 g/mol. The zero-order valence-electron chi connectivity index (χ0n) is 12.1. The summed E-state index contributed by atoms with van der Waals surface area (Å²) in [6, 6.07) is 7.65. The number of aliphatic hydroxyl groups excluding tert-OH is 1. The fraction of sp³-hybridized carbons (Fsp3) is 0.600. The summed E-state index contributed by atoms with van der Waals surface area (Å²) in [6.45, 7) is 6.49. The minimum atomic E-state index is -0.520. The minimum absolute atomic E-state index is 0.211. The summed E-state index contributed by atoms with van der Waals surface area (Å²) in [5.41, 5.74) is 1.09. The average Bonchev–Trinajstić information content (AvgIpc) is 2.38. The first kappa shape index (κ1) is 17.4. The van der Waals surface area contributed by atoms with E-state index in [1.54, 1.807) is 0 Å². The highest BCUT2D eigenvalue weighted by molar-refractivity contribution is 6.30. The number of hydrogen-bond donors (Lipinski definition) is 2.